The number of hydrogen-bond donors (Lipinski definition) is 0. The van der Waals surface area contributed by atoms with Crippen molar-refractivity contribution in [2.45, 2.75) is 59.3 Å². The predicted octanol–water partition coefficient (Wildman–Crippen LogP) is 7.03. The van der Waals surface area contributed by atoms with E-state index in [-0.39, 0.29) is 13.4 Å². The second kappa shape index (κ2) is 13.4. The van der Waals surface area contributed by atoms with Gasteiger partial charge in [0.2, 0.25) is 0 Å². The summed E-state index contributed by atoms with van der Waals surface area (Å²) in [6.07, 6.45) is 6.20. The fourth-order valence-electron chi connectivity index (χ4n) is 2.28. The third-order valence-electron chi connectivity index (χ3n) is 3.88. The molecule has 25 heavy (non-hydrogen) atoms. The molecule has 0 N–H and O–H groups in total. The normalized spacial score (nSPS) is 11.4. The maximum absolute atomic E-state index is 10.9. The summed E-state index contributed by atoms with van der Waals surface area (Å²) in [5.41, 5.74) is 1.23. The highest BCUT2D eigenvalue weighted by Crippen LogP contribution is 2.38. The van der Waals surface area contributed by atoms with Gasteiger partial charge in [0.15, 0.2) is 0 Å². The van der Waals surface area contributed by atoms with E-state index in [0.717, 1.165) is 46.8 Å². The summed E-state index contributed by atoms with van der Waals surface area (Å²) < 4.78 is 13.0. The number of halogens is 2. The molecule has 0 aliphatic rings. The lowest BCUT2D eigenvalue weighted by Crippen LogP contribution is -2.04. The van der Waals surface area contributed by atoms with Crippen LogP contribution in [0.3, 0.4) is 0 Å². The molecular weight excluding hydrogens is 448 g/mol. The van der Waals surface area contributed by atoms with Crippen LogP contribution in [0.15, 0.2) is 33.7 Å². The molecule has 0 saturated carbocycles. The second-order valence-corrected chi connectivity index (χ2v) is 7.52. The minimum Gasteiger partial charge on any atom is -0.492 e. The van der Waals surface area contributed by atoms with Gasteiger partial charge in [-0.05, 0) is 71.6 Å². The lowest BCUT2D eigenvalue weighted by Gasteiger charge is -2.18. The van der Waals surface area contributed by atoms with Gasteiger partial charge in [-0.2, -0.15) is 0 Å². The first-order valence-electron chi connectivity index (χ1n) is 8.40. The van der Waals surface area contributed by atoms with Gasteiger partial charge in [0.05, 0.1) is 17.7 Å². The zero-order valence-electron chi connectivity index (χ0n) is 14.4. The smallest absolute Gasteiger partial charge is 0.330 e. The average Bonchev–Trinajstić information content (AvgIpc) is 2.57. The Bertz CT molecular complexity index is 544. The van der Waals surface area contributed by atoms with Gasteiger partial charge in [-0.25, -0.2) is 4.79 Å². The maximum atomic E-state index is 10.9. The molecule has 1 atom stereocenters. The van der Waals surface area contributed by atoms with Crippen molar-refractivity contribution in [2.75, 3.05) is 13.2 Å². The van der Waals surface area contributed by atoms with E-state index in [1.807, 2.05) is 6.07 Å². The van der Waals surface area contributed by atoms with Gasteiger partial charge in [-0.15, -0.1) is 0 Å². The summed E-state index contributed by atoms with van der Waals surface area (Å²) in [5.74, 6) is 1.05. The van der Waals surface area contributed by atoms with Gasteiger partial charge in [0.1, 0.15) is 5.75 Å². The first-order valence-corrected chi connectivity index (χ1v) is 9.99. The predicted molar refractivity (Wildman–Crippen MR) is 112 cm³/mol. The van der Waals surface area contributed by atoms with E-state index >= 15 is 0 Å². The van der Waals surface area contributed by atoms with Crippen LogP contribution in [0.5, 0.6) is 5.75 Å². The van der Waals surface area contributed by atoms with E-state index in [2.05, 4.69) is 58.4 Å². The van der Waals surface area contributed by atoms with E-state index < -0.39 is 0 Å². The first-order chi connectivity index (χ1) is 11.5. The third-order valence-corrected chi connectivity index (χ3v) is 4.92. The quantitative estimate of drug-likeness (QED) is 0.195. The zero-order valence-corrected chi connectivity index (χ0v) is 17.6. The summed E-state index contributed by atoms with van der Waals surface area (Å²) in [6.45, 7) is 8.92. The van der Waals surface area contributed by atoms with Crippen LogP contribution < -0.4 is 4.74 Å². The Labute approximate surface area is 169 Å². The molecule has 1 unspecified atom stereocenters. The van der Waals surface area contributed by atoms with Crippen LogP contribution in [-0.4, -0.2) is 19.2 Å². The first kappa shape index (κ1) is 24.2. The largest absolute Gasteiger partial charge is 0.492 e. The van der Waals surface area contributed by atoms with Crippen molar-refractivity contribution in [3.63, 3.8) is 0 Å². The SMILES string of the molecule is C.C=CC(=O)OCCCCCCOc1c(Br)cc(Br)cc1C(C)CC. The standard InChI is InChI=1S/C19H26Br2O3.CH4/c1-4-14(3)16-12-15(20)13-17(21)19(16)24-11-9-7-6-8-10-23-18(22)5-2;/h5,12-14H,2,4,6-11H2,1,3H3;1H4. The summed E-state index contributed by atoms with van der Waals surface area (Å²) in [4.78, 5) is 10.9. The molecule has 0 aliphatic heterocycles. The van der Waals surface area contributed by atoms with E-state index in [0.29, 0.717) is 19.1 Å². The molecule has 0 spiro atoms. The monoisotopic (exact) mass is 476 g/mol. The molecule has 0 bridgehead atoms. The Balaban J connectivity index is 0.00000576. The van der Waals surface area contributed by atoms with E-state index in [4.69, 9.17) is 9.47 Å². The molecule has 0 aromatic heterocycles. The lowest BCUT2D eigenvalue weighted by atomic mass is 9.98. The molecule has 0 radical (unpaired) electrons. The van der Waals surface area contributed by atoms with E-state index in [1.54, 1.807) is 0 Å². The van der Waals surface area contributed by atoms with Crippen molar-refractivity contribution >= 4 is 37.8 Å². The van der Waals surface area contributed by atoms with Gasteiger partial charge in [-0.1, -0.05) is 43.8 Å². The van der Waals surface area contributed by atoms with Crippen LogP contribution >= 0.6 is 31.9 Å². The minimum atomic E-state index is -0.351. The van der Waals surface area contributed by atoms with Crippen molar-refractivity contribution in [1.82, 2.24) is 0 Å². The van der Waals surface area contributed by atoms with Crippen molar-refractivity contribution < 1.29 is 14.3 Å². The summed E-state index contributed by atoms with van der Waals surface area (Å²) >= 11 is 7.16. The van der Waals surface area contributed by atoms with E-state index in [1.165, 1.54) is 11.6 Å². The molecule has 0 saturated heterocycles. The van der Waals surface area contributed by atoms with Gasteiger partial charge in [0.25, 0.3) is 0 Å². The van der Waals surface area contributed by atoms with Crippen molar-refractivity contribution in [2.24, 2.45) is 0 Å². The minimum absolute atomic E-state index is 0. The zero-order chi connectivity index (χ0) is 17.9. The van der Waals surface area contributed by atoms with Crippen LogP contribution in [0.25, 0.3) is 0 Å². The van der Waals surface area contributed by atoms with Crippen LogP contribution in [0.2, 0.25) is 0 Å². The van der Waals surface area contributed by atoms with Crippen molar-refractivity contribution in [1.29, 1.82) is 0 Å². The summed E-state index contributed by atoms with van der Waals surface area (Å²) in [7, 11) is 0. The van der Waals surface area contributed by atoms with Gasteiger partial charge >= 0.3 is 5.97 Å². The molecule has 0 aliphatic carbocycles. The molecule has 0 heterocycles. The maximum Gasteiger partial charge on any atom is 0.330 e. The Morgan fingerprint density at radius 1 is 1.20 bits per heavy atom. The molecular formula is C20H30Br2O3. The van der Waals surface area contributed by atoms with Crippen molar-refractivity contribution in [3.05, 3.63) is 39.3 Å². The summed E-state index contributed by atoms with van der Waals surface area (Å²) in [6, 6.07) is 4.16. The number of carbonyl (C=O) groups excluding carboxylic acids is 1. The molecule has 3 nitrogen and oxygen atoms in total. The lowest BCUT2D eigenvalue weighted by molar-refractivity contribution is -0.137. The molecule has 142 valence electrons. The van der Waals surface area contributed by atoms with Crippen LogP contribution in [-0.2, 0) is 9.53 Å². The number of carbonyl (C=O) groups is 1. The molecule has 0 amide bonds. The Kier molecular flexibility index (Phi) is 13.0. The van der Waals surface area contributed by atoms with Gasteiger partial charge in [0, 0.05) is 10.5 Å². The van der Waals surface area contributed by atoms with Gasteiger partial charge in [-0.3, -0.25) is 0 Å². The number of rotatable bonds is 11. The number of hydrogen-bond acceptors (Lipinski definition) is 3. The molecule has 1 rings (SSSR count). The fourth-order valence-corrected chi connectivity index (χ4v) is 3.65. The van der Waals surface area contributed by atoms with Crippen LogP contribution in [0.4, 0.5) is 0 Å². The average molecular weight is 478 g/mol. The highest BCUT2D eigenvalue weighted by molar-refractivity contribution is 9.11. The van der Waals surface area contributed by atoms with Gasteiger partial charge < -0.3 is 9.47 Å². The molecule has 1 aromatic rings. The molecule has 1 aromatic carbocycles. The van der Waals surface area contributed by atoms with E-state index in [9.17, 15) is 4.79 Å². The summed E-state index contributed by atoms with van der Waals surface area (Å²) in [5, 5.41) is 0. The highest BCUT2D eigenvalue weighted by Gasteiger charge is 2.14. The van der Waals surface area contributed by atoms with Crippen LogP contribution in [0.1, 0.15) is 64.9 Å². The molecule has 0 fully saturated rings. The number of esters is 1. The topological polar surface area (TPSA) is 35.5 Å². The Morgan fingerprint density at radius 2 is 1.84 bits per heavy atom. The van der Waals surface area contributed by atoms with Crippen LogP contribution in [0, 0.1) is 0 Å². The Morgan fingerprint density at radius 3 is 2.44 bits per heavy atom. The Hall–Kier alpha value is -0.810. The van der Waals surface area contributed by atoms with Crippen molar-refractivity contribution in [3.8, 4) is 5.75 Å². The third kappa shape index (κ3) is 8.91. The number of unbranched alkanes of at least 4 members (excludes halogenated alkanes) is 3. The fraction of sp³-hybridized carbons (Fsp3) is 0.550. The highest BCUT2D eigenvalue weighted by atomic mass is 79.9. The number of ether oxygens (including phenoxy) is 2. The second-order valence-electron chi connectivity index (χ2n) is 5.75. The molecule has 5 heteroatoms. The number of benzene rings is 1.